The summed E-state index contributed by atoms with van der Waals surface area (Å²) in [5, 5.41) is 21.1. The van der Waals surface area contributed by atoms with Crippen LogP contribution in [0.2, 0.25) is 0 Å². The minimum Gasteiger partial charge on any atom is -0.396 e. The van der Waals surface area contributed by atoms with Gasteiger partial charge in [-0.05, 0) is 39.7 Å². The minimum atomic E-state index is -0.216. The summed E-state index contributed by atoms with van der Waals surface area (Å²) in [6, 6.07) is 0.396. The van der Waals surface area contributed by atoms with Crippen molar-refractivity contribution in [3.8, 4) is 0 Å². The number of rotatable bonds is 9. The van der Waals surface area contributed by atoms with E-state index in [1.54, 1.807) is 0 Å². The molecule has 0 aromatic carbocycles. The van der Waals surface area contributed by atoms with Crippen molar-refractivity contribution in [3.63, 3.8) is 0 Å². The Bertz CT molecular complexity index is 118. The van der Waals surface area contributed by atoms with E-state index in [4.69, 9.17) is 10.2 Å². The van der Waals surface area contributed by atoms with E-state index in [0.29, 0.717) is 12.6 Å². The Hall–Kier alpha value is -0.120. The molecule has 0 spiro atoms. The van der Waals surface area contributed by atoms with Crippen LogP contribution in [0.3, 0.4) is 0 Å². The monoisotopic (exact) mass is 203 g/mol. The van der Waals surface area contributed by atoms with Crippen LogP contribution in [0.25, 0.3) is 0 Å². The van der Waals surface area contributed by atoms with Crippen molar-refractivity contribution in [1.82, 2.24) is 5.32 Å². The molecular formula is C11H25NO2. The first-order valence-electron chi connectivity index (χ1n) is 5.69. The lowest BCUT2D eigenvalue weighted by Gasteiger charge is -2.14. The van der Waals surface area contributed by atoms with E-state index in [1.807, 2.05) is 6.92 Å². The summed E-state index contributed by atoms with van der Waals surface area (Å²) in [6.07, 6.45) is 4.97. The maximum atomic E-state index is 9.13. The van der Waals surface area contributed by atoms with Crippen molar-refractivity contribution in [2.45, 2.75) is 58.1 Å². The average Bonchev–Trinajstić information content (AvgIpc) is 2.10. The van der Waals surface area contributed by atoms with Crippen molar-refractivity contribution in [2.75, 3.05) is 13.2 Å². The standard InChI is InChI=1S/C11H25NO2/c1-10(9-11(2)14)12-7-5-3-4-6-8-13/h10-14H,3-9H2,1-2H3. The van der Waals surface area contributed by atoms with Gasteiger partial charge in [-0.1, -0.05) is 12.8 Å². The molecule has 0 fully saturated rings. The SMILES string of the molecule is CC(O)CC(C)NCCCCCCO. The molecule has 0 amide bonds. The molecule has 3 nitrogen and oxygen atoms in total. The van der Waals surface area contributed by atoms with E-state index in [1.165, 1.54) is 6.42 Å². The van der Waals surface area contributed by atoms with Crippen LogP contribution in [0.5, 0.6) is 0 Å². The lowest BCUT2D eigenvalue weighted by Crippen LogP contribution is -2.29. The third-order valence-corrected chi connectivity index (χ3v) is 2.27. The summed E-state index contributed by atoms with van der Waals surface area (Å²) >= 11 is 0. The number of aliphatic hydroxyl groups excluding tert-OH is 2. The summed E-state index contributed by atoms with van der Waals surface area (Å²) in [7, 11) is 0. The van der Waals surface area contributed by atoms with Gasteiger partial charge in [-0.2, -0.15) is 0 Å². The van der Waals surface area contributed by atoms with Crippen LogP contribution in [-0.2, 0) is 0 Å². The molecule has 2 atom stereocenters. The van der Waals surface area contributed by atoms with Gasteiger partial charge in [0.25, 0.3) is 0 Å². The smallest absolute Gasteiger partial charge is 0.0526 e. The molecular weight excluding hydrogens is 178 g/mol. The average molecular weight is 203 g/mol. The summed E-state index contributed by atoms with van der Waals surface area (Å²) in [5.74, 6) is 0. The van der Waals surface area contributed by atoms with Crippen molar-refractivity contribution in [1.29, 1.82) is 0 Å². The van der Waals surface area contributed by atoms with Crippen LogP contribution >= 0.6 is 0 Å². The highest BCUT2D eigenvalue weighted by Crippen LogP contribution is 2.00. The second-order valence-electron chi connectivity index (χ2n) is 4.08. The quantitative estimate of drug-likeness (QED) is 0.495. The van der Waals surface area contributed by atoms with Crippen LogP contribution in [0.15, 0.2) is 0 Å². The van der Waals surface area contributed by atoms with Gasteiger partial charge < -0.3 is 15.5 Å². The summed E-state index contributed by atoms with van der Waals surface area (Å²) in [5.41, 5.74) is 0. The summed E-state index contributed by atoms with van der Waals surface area (Å²) in [4.78, 5) is 0. The summed E-state index contributed by atoms with van der Waals surface area (Å²) < 4.78 is 0. The molecule has 2 unspecified atom stereocenters. The maximum absolute atomic E-state index is 9.13. The van der Waals surface area contributed by atoms with E-state index in [9.17, 15) is 0 Å². The van der Waals surface area contributed by atoms with Gasteiger partial charge in [-0.15, -0.1) is 0 Å². The molecule has 0 saturated carbocycles. The third-order valence-electron chi connectivity index (χ3n) is 2.27. The molecule has 0 aromatic rings. The number of unbranched alkanes of at least 4 members (excludes halogenated alkanes) is 3. The Kier molecular flexibility index (Phi) is 9.35. The third kappa shape index (κ3) is 9.96. The molecule has 86 valence electrons. The zero-order valence-corrected chi connectivity index (χ0v) is 9.50. The van der Waals surface area contributed by atoms with Crippen LogP contribution in [-0.4, -0.2) is 35.5 Å². The number of hydrogen-bond donors (Lipinski definition) is 3. The molecule has 0 aliphatic rings. The van der Waals surface area contributed by atoms with Gasteiger partial charge >= 0.3 is 0 Å². The van der Waals surface area contributed by atoms with Crippen LogP contribution < -0.4 is 5.32 Å². The second-order valence-corrected chi connectivity index (χ2v) is 4.08. The zero-order valence-electron chi connectivity index (χ0n) is 9.50. The fraction of sp³-hybridized carbons (Fsp3) is 1.00. The first-order chi connectivity index (χ1) is 6.66. The first-order valence-corrected chi connectivity index (χ1v) is 5.69. The highest BCUT2D eigenvalue weighted by molar-refractivity contribution is 4.63. The Morgan fingerprint density at radius 2 is 1.71 bits per heavy atom. The molecule has 0 rings (SSSR count). The lowest BCUT2D eigenvalue weighted by molar-refractivity contribution is 0.170. The topological polar surface area (TPSA) is 52.5 Å². The minimum absolute atomic E-state index is 0.216. The fourth-order valence-corrected chi connectivity index (χ4v) is 1.53. The fourth-order valence-electron chi connectivity index (χ4n) is 1.53. The molecule has 0 heterocycles. The normalized spacial score (nSPS) is 15.4. The van der Waals surface area contributed by atoms with Gasteiger partial charge in [0.05, 0.1) is 6.10 Å². The highest BCUT2D eigenvalue weighted by atomic mass is 16.3. The maximum Gasteiger partial charge on any atom is 0.0526 e. The lowest BCUT2D eigenvalue weighted by atomic mass is 10.1. The molecule has 14 heavy (non-hydrogen) atoms. The largest absolute Gasteiger partial charge is 0.396 e. The molecule has 3 N–H and O–H groups in total. The Labute approximate surface area is 87.5 Å². The van der Waals surface area contributed by atoms with Gasteiger partial charge in [0, 0.05) is 12.6 Å². The number of hydrogen-bond acceptors (Lipinski definition) is 3. The predicted molar refractivity (Wildman–Crippen MR) is 59.3 cm³/mol. The van der Waals surface area contributed by atoms with Gasteiger partial charge in [-0.25, -0.2) is 0 Å². The molecule has 0 aliphatic carbocycles. The molecule has 0 aliphatic heterocycles. The van der Waals surface area contributed by atoms with E-state index >= 15 is 0 Å². The number of aliphatic hydroxyl groups is 2. The van der Waals surface area contributed by atoms with Crippen molar-refractivity contribution in [3.05, 3.63) is 0 Å². The van der Waals surface area contributed by atoms with Crippen molar-refractivity contribution >= 4 is 0 Å². The first kappa shape index (κ1) is 13.9. The predicted octanol–water partition coefficient (Wildman–Crippen LogP) is 1.29. The van der Waals surface area contributed by atoms with Gasteiger partial charge in [0.1, 0.15) is 0 Å². The Morgan fingerprint density at radius 3 is 2.29 bits per heavy atom. The Morgan fingerprint density at radius 1 is 1.07 bits per heavy atom. The molecule has 3 heteroatoms. The molecule has 0 bridgehead atoms. The van der Waals surface area contributed by atoms with E-state index in [-0.39, 0.29) is 6.10 Å². The summed E-state index contributed by atoms with van der Waals surface area (Å²) in [6.45, 7) is 5.24. The van der Waals surface area contributed by atoms with Gasteiger partial charge in [-0.3, -0.25) is 0 Å². The Balaban J connectivity index is 3.10. The van der Waals surface area contributed by atoms with Gasteiger partial charge in [0.15, 0.2) is 0 Å². The number of nitrogens with one attached hydrogen (secondary N) is 1. The van der Waals surface area contributed by atoms with E-state index in [2.05, 4.69) is 12.2 Å². The molecule has 0 saturated heterocycles. The zero-order chi connectivity index (χ0) is 10.8. The van der Waals surface area contributed by atoms with Crippen LogP contribution in [0, 0.1) is 0 Å². The molecule has 0 aromatic heterocycles. The van der Waals surface area contributed by atoms with Gasteiger partial charge in [0.2, 0.25) is 0 Å². The van der Waals surface area contributed by atoms with E-state index < -0.39 is 0 Å². The molecule has 0 radical (unpaired) electrons. The van der Waals surface area contributed by atoms with Crippen molar-refractivity contribution in [2.24, 2.45) is 0 Å². The highest BCUT2D eigenvalue weighted by Gasteiger charge is 2.03. The van der Waals surface area contributed by atoms with E-state index in [0.717, 1.165) is 32.2 Å². The van der Waals surface area contributed by atoms with Crippen LogP contribution in [0.1, 0.15) is 46.0 Å². The van der Waals surface area contributed by atoms with Crippen LogP contribution in [0.4, 0.5) is 0 Å². The van der Waals surface area contributed by atoms with Crippen molar-refractivity contribution < 1.29 is 10.2 Å². The second kappa shape index (κ2) is 9.44.